The third-order valence-electron chi connectivity index (χ3n) is 6.84. The molecular weight excluding hydrogens is 444 g/mol. The summed E-state index contributed by atoms with van der Waals surface area (Å²) in [4.78, 5) is 22.0. The van der Waals surface area contributed by atoms with Gasteiger partial charge in [0.2, 0.25) is 0 Å². The molecule has 1 fully saturated rings. The Morgan fingerprint density at radius 2 is 1.47 bits per heavy atom. The third kappa shape index (κ3) is 5.70. The van der Waals surface area contributed by atoms with Crippen LogP contribution in [0.25, 0.3) is 0 Å². The molecule has 1 N–H and O–H groups in total. The maximum Gasteiger partial charge on any atom is 0.255 e. The van der Waals surface area contributed by atoms with Gasteiger partial charge in [-0.25, -0.2) is 0 Å². The molecule has 1 aromatic heterocycles. The van der Waals surface area contributed by atoms with Crippen LogP contribution >= 0.6 is 0 Å². The van der Waals surface area contributed by atoms with Crippen molar-refractivity contribution in [1.29, 1.82) is 0 Å². The molecule has 5 heteroatoms. The largest absolute Gasteiger partial charge is 0.336 e. The zero-order valence-corrected chi connectivity index (χ0v) is 20.4. The predicted molar refractivity (Wildman–Crippen MR) is 144 cm³/mol. The number of amides is 1. The maximum absolute atomic E-state index is 13.3. The van der Waals surface area contributed by atoms with Crippen molar-refractivity contribution in [2.24, 2.45) is 0 Å². The Balaban J connectivity index is 1.41. The van der Waals surface area contributed by atoms with E-state index in [9.17, 15) is 4.79 Å². The fraction of sp³-hybridized carbons (Fsp3) is 0.226. The van der Waals surface area contributed by atoms with Crippen LogP contribution in [0.5, 0.6) is 0 Å². The molecule has 2 heterocycles. The van der Waals surface area contributed by atoms with Gasteiger partial charge in [0, 0.05) is 51.2 Å². The van der Waals surface area contributed by atoms with Crippen LogP contribution in [-0.4, -0.2) is 52.9 Å². The van der Waals surface area contributed by atoms with Crippen LogP contribution in [0, 0.1) is 0 Å². The van der Waals surface area contributed by atoms with Gasteiger partial charge in [-0.3, -0.25) is 14.7 Å². The summed E-state index contributed by atoms with van der Waals surface area (Å²) in [5, 5.41) is 3.67. The highest BCUT2D eigenvalue weighted by molar-refractivity contribution is 5.94. The summed E-state index contributed by atoms with van der Waals surface area (Å²) < 4.78 is 0. The Morgan fingerprint density at radius 1 is 0.833 bits per heavy atom. The lowest BCUT2D eigenvalue weighted by molar-refractivity contribution is 0.0383. The average Bonchev–Trinajstić information content (AvgIpc) is 2.96. The number of rotatable bonds is 8. The van der Waals surface area contributed by atoms with Crippen LogP contribution in [0.4, 0.5) is 0 Å². The van der Waals surface area contributed by atoms with Gasteiger partial charge in [0.15, 0.2) is 0 Å². The van der Waals surface area contributed by atoms with Gasteiger partial charge in [0.05, 0.1) is 11.6 Å². The van der Waals surface area contributed by atoms with E-state index in [1.807, 2.05) is 23.1 Å². The van der Waals surface area contributed by atoms with Crippen molar-refractivity contribution in [2.45, 2.75) is 18.6 Å². The monoisotopic (exact) mass is 476 g/mol. The molecule has 1 unspecified atom stereocenters. The van der Waals surface area contributed by atoms with E-state index >= 15 is 0 Å². The lowest BCUT2D eigenvalue weighted by Crippen LogP contribution is -2.58. The quantitative estimate of drug-likeness (QED) is 0.397. The second-order valence-electron chi connectivity index (χ2n) is 9.22. The van der Waals surface area contributed by atoms with Gasteiger partial charge in [-0.05, 0) is 28.8 Å². The van der Waals surface area contributed by atoms with Gasteiger partial charge in [-0.2, -0.15) is 0 Å². The fourth-order valence-corrected chi connectivity index (χ4v) is 5.07. The van der Waals surface area contributed by atoms with Gasteiger partial charge in [0.25, 0.3) is 5.91 Å². The summed E-state index contributed by atoms with van der Waals surface area (Å²) in [7, 11) is 0. The van der Waals surface area contributed by atoms with Crippen molar-refractivity contribution in [1.82, 2.24) is 20.1 Å². The Bertz CT molecular complexity index is 1180. The number of piperazine rings is 1. The summed E-state index contributed by atoms with van der Waals surface area (Å²) in [6, 6.07) is 35.8. The first-order chi connectivity index (χ1) is 17.8. The average molecular weight is 477 g/mol. The van der Waals surface area contributed by atoms with E-state index in [4.69, 9.17) is 0 Å². The highest BCUT2D eigenvalue weighted by atomic mass is 16.2. The first-order valence-electron chi connectivity index (χ1n) is 12.6. The van der Waals surface area contributed by atoms with Crippen LogP contribution in [0.2, 0.25) is 0 Å². The number of hydrogen-bond donors (Lipinski definition) is 1. The maximum atomic E-state index is 13.3. The van der Waals surface area contributed by atoms with E-state index < -0.39 is 0 Å². The normalized spacial score (nSPS) is 16.2. The highest BCUT2D eigenvalue weighted by Crippen LogP contribution is 2.32. The molecule has 0 aliphatic carbocycles. The number of carbonyl (C=O) groups is 1. The fourth-order valence-electron chi connectivity index (χ4n) is 5.07. The number of nitrogens with one attached hydrogen (secondary N) is 1. The number of carbonyl (C=O) groups excluding carboxylic acids is 1. The van der Waals surface area contributed by atoms with E-state index in [1.165, 1.54) is 16.7 Å². The van der Waals surface area contributed by atoms with Crippen LogP contribution in [-0.2, 0) is 6.54 Å². The lowest BCUT2D eigenvalue weighted by Gasteiger charge is -2.45. The first kappa shape index (κ1) is 23.9. The molecule has 3 aromatic carbocycles. The Morgan fingerprint density at radius 3 is 2.08 bits per heavy atom. The molecular formula is C31H32N4O. The van der Waals surface area contributed by atoms with Crippen LogP contribution in [0.15, 0.2) is 116 Å². The summed E-state index contributed by atoms with van der Waals surface area (Å²) in [6.45, 7) is 3.70. The van der Waals surface area contributed by atoms with E-state index in [1.54, 1.807) is 12.4 Å². The van der Waals surface area contributed by atoms with Crippen molar-refractivity contribution in [3.63, 3.8) is 0 Å². The van der Waals surface area contributed by atoms with Crippen LogP contribution in [0.1, 0.15) is 33.1 Å². The molecule has 0 saturated carbocycles. The van der Waals surface area contributed by atoms with Crippen molar-refractivity contribution in [2.75, 3.05) is 26.2 Å². The van der Waals surface area contributed by atoms with E-state index in [0.717, 1.165) is 19.6 Å². The minimum absolute atomic E-state index is 0.0479. The molecule has 1 amide bonds. The zero-order valence-electron chi connectivity index (χ0n) is 20.4. The number of nitrogens with zero attached hydrogens (tertiary/aromatic N) is 3. The second-order valence-corrected chi connectivity index (χ2v) is 9.22. The van der Waals surface area contributed by atoms with Gasteiger partial charge < -0.3 is 10.2 Å². The van der Waals surface area contributed by atoms with Crippen molar-refractivity contribution >= 4 is 5.91 Å². The molecule has 1 aliphatic heterocycles. The van der Waals surface area contributed by atoms with Crippen LogP contribution in [0.3, 0.4) is 0 Å². The summed E-state index contributed by atoms with van der Waals surface area (Å²) in [6.07, 6.45) is 3.36. The molecule has 0 spiro atoms. The van der Waals surface area contributed by atoms with E-state index in [2.05, 4.69) is 100 Å². The van der Waals surface area contributed by atoms with Crippen molar-refractivity contribution < 1.29 is 4.79 Å². The number of pyridine rings is 1. The Kier molecular flexibility index (Phi) is 7.81. The van der Waals surface area contributed by atoms with Crippen molar-refractivity contribution in [3.05, 3.63) is 138 Å². The van der Waals surface area contributed by atoms with Crippen LogP contribution < -0.4 is 5.32 Å². The minimum atomic E-state index is 0.0479. The molecule has 1 saturated heterocycles. The van der Waals surface area contributed by atoms with Gasteiger partial charge in [-0.15, -0.1) is 0 Å². The zero-order chi connectivity index (χ0) is 24.6. The van der Waals surface area contributed by atoms with Gasteiger partial charge >= 0.3 is 0 Å². The SMILES string of the molecule is O=C(c1cccnc1)N1CCN(C(c2ccccc2)c2ccccc2)C(CNCc2ccccc2)C1. The second kappa shape index (κ2) is 11.8. The molecule has 4 aromatic rings. The van der Waals surface area contributed by atoms with Gasteiger partial charge in [0.1, 0.15) is 0 Å². The van der Waals surface area contributed by atoms with Gasteiger partial charge in [-0.1, -0.05) is 91.0 Å². The summed E-state index contributed by atoms with van der Waals surface area (Å²) in [5.74, 6) is 0.0479. The number of aromatic nitrogens is 1. The number of benzene rings is 3. The summed E-state index contributed by atoms with van der Waals surface area (Å²) >= 11 is 0. The van der Waals surface area contributed by atoms with Crippen molar-refractivity contribution in [3.8, 4) is 0 Å². The molecule has 1 atom stereocenters. The third-order valence-corrected chi connectivity index (χ3v) is 6.84. The lowest BCUT2D eigenvalue weighted by atomic mass is 9.94. The Labute approximate surface area is 213 Å². The molecule has 5 nitrogen and oxygen atoms in total. The first-order valence-corrected chi connectivity index (χ1v) is 12.6. The smallest absolute Gasteiger partial charge is 0.255 e. The molecule has 0 bridgehead atoms. The standard InChI is InChI=1S/C31H32N4O/c36-31(28-17-10-18-32-22-28)34-19-20-35(29(24-34)23-33-21-25-11-4-1-5-12-25)30(26-13-6-2-7-14-26)27-15-8-3-9-16-27/h1-18,22,29-30,33H,19-21,23-24H2. The highest BCUT2D eigenvalue weighted by Gasteiger charge is 2.35. The van der Waals surface area contributed by atoms with E-state index in [-0.39, 0.29) is 18.0 Å². The molecule has 0 radical (unpaired) electrons. The van der Waals surface area contributed by atoms with E-state index in [0.29, 0.717) is 18.7 Å². The molecule has 5 rings (SSSR count). The predicted octanol–water partition coefficient (Wildman–Crippen LogP) is 4.79. The molecule has 36 heavy (non-hydrogen) atoms. The topological polar surface area (TPSA) is 48.5 Å². The Hall–Kier alpha value is -3.80. The molecule has 1 aliphatic rings. The minimum Gasteiger partial charge on any atom is -0.336 e. The summed E-state index contributed by atoms with van der Waals surface area (Å²) in [5.41, 5.74) is 4.43. The molecule has 182 valence electrons. The number of hydrogen-bond acceptors (Lipinski definition) is 4.